The van der Waals surface area contributed by atoms with Crippen LogP contribution in [0.2, 0.25) is 0 Å². The van der Waals surface area contributed by atoms with Gasteiger partial charge in [0, 0.05) is 22.2 Å². The van der Waals surface area contributed by atoms with Crippen LogP contribution >= 0.6 is 35.1 Å². The van der Waals surface area contributed by atoms with Crippen LogP contribution in [0.5, 0.6) is 0 Å². The molecule has 0 spiro atoms. The second kappa shape index (κ2) is 31.6. The quantitative estimate of drug-likeness (QED) is 0.0336. The summed E-state index contributed by atoms with van der Waals surface area (Å²) in [6.45, 7) is 4.25. The number of esters is 2. The maximum absolute atomic E-state index is 13.2. The molecule has 6 N–H and O–H groups in total. The van der Waals surface area contributed by atoms with Crippen molar-refractivity contribution in [3.05, 3.63) is 142 Å². The molecule has 18 heteroatoms. The first-order valence-electron chi connectivity index (χ1n) is 22.7. The van der Waals surface area contributed by atoms with Crippen LogP contribution < -0.4 is 21.7 Å². The molecule has 4 atom stereocenters. The van der Waals surface area contributed by atoms with Crippen LogP contribution in [0.4, 0.5) is 9.59 Å². The molecule has 0 unspecified atom stereocenters. The number of nitrogens with one attached hydrogen (secondary N) is 3. The van der Waals surface area contributed by atoms with Crippen LogP contribution in [0.3, 0.4) is 0 Å². The van der Waals surface area contributed by atoms with Gasteiger partial charge in [0.1, 0.15) is 37.4 Å². The van der Waals surface area contributed by atoms with Crippen LogP contribution in [0, 0.1) is 0 Å². The van der Waals surface area contributed by atoms with E-state index in [-0.39, 0.29) is 44.4 Å². The first kappa shape index (κ1) is 57.8. The molecule has 70 heavy (non-hydrogen) atoms. The number of thiophene rings is 2. The molecule has 6 aromatic rings. The third-order valence-corrected chi connectivity index (χ3v) is 12.6. The molecule has 4 aromatic carbocycles. The lowest BCUT2D eigenvalue weighted by atomic mass is 10.0. The largest absolute Gasteiger partial charge is 0.480 e. The minimum absolute atomic E-state index is 0. The van der Waals surface area contributed by atoms with E-state index in [1.165, 1.54) is 14.2 Å². The lowest BCUT2D eigenvalue weighted by molar-refractivity contribution is -0.145. The molecule has 0 aliphatic carbocycles. The van der Waals surface area contributed by atoms with Gasteiger partial charge in [0.2, 0.25) is 5.91 Å². The van der Waals surface area contributed by atoms with Gasteiger partial charge in [-0.15, -0.1) is 35.1 Å². The zero-order valence-corrected chi connectivity index (χ0v) is 42.2. The van der Waals surface area contributed by atoms with E-state index in [0.29, 0.717) is 6.42 Å². The van der Waals surface area contributed by atoms with E-state index in [1.807, 2.05) is 127 Å². The van der Waals surface area contributed by atoms with Crippen molar-refractivity contribution in [2.45, 2.75) is 103 Å². The minimum Gasteiger partial charge on any atom is -0.480 e. The highest BCUT2D eigenvalue weighted by molar-refractivity contribution is 7.17. The number of nitrogens with two attached hydrogens (primary N) is 1. The number of aliphatic carboxylic acids is 1. The minimum atomic E-state index is -1.09. The molecule has 2 aromatic heterocycles. The Balaban J connectivity index is 0.000000315. The van der Waals surface area contributed by atoms with Gasteiger partial charge in [0.05, 0.1) is 14.2 Å². The lowest BCUT2D eigenvalue weighted by Crippen LogP contribution is -2.52. The van der Waals surface area contributed by atoms with Crippen molar-refractivity contribution in [3.63, 3.8) is 0 Å². The van der Waals surface area contributed by atoms with Gasteiger partial charge < -0.3 is 45.7 Å². The van der Waals surface area contributed by atoms with Crippen molar-refractivity contribution < 1.29 is 52.8 Å². The number of carbonyl (C=O) groups excluding carboxylic acids is 5. The lowest BCUT2D eigenvalue weighted by Gasteiger charge is -2.22. The number of methoxy groups -OCH3 is 2. The molecular weight excluding hydrogens is 956 g/mol. The summed E-state index contributed by atoms with van der Waals surface area (Å²) in [7, 11) is 2.65. The molecule has 376 valence electrons. The maximum atomic E-state index is 13.2. The van der Waals surface area contributed by atoms with E-state index in [1.54, 1.807) is 22.7 Å². The van der Waals surface area contributed by atoms with Gasteiger partial charge in [-0.05, 0) is 68.8 Å². The number of carboxylic acids is 1. The fourth-order valence-corrected chi connectivity index (χ4v) is 8.76. The van der Waals surface area contributed by atoms with E-state index >= 15 is 0 Å². The standard InChI is InChI=1S/C26H30N2O5S.C19H17NO4S.C7H15NO2.ClH/c1-3-4-13-21(25(30)32-2)27-24(29)22(15-19-17-34-23-14-9-8-12-20(19)23)28-26(31)33-16-18-10-6-5-7-11-18;21-18(22)16(10-14-12-25-17-9-5-4-8-15(14)17)20-19(23)24-11-13-6-2-1-3-7-13;1-3-4-5-6(8)7(9)10-2;/h5-12,14,17,21-22H,3-4,13,15-16H2,1-2H3,(H,27,29)(H,28,31);1-9,12,16H,10-11H2,(H,20,23)(H,21,22);6H,3-5,8H2,1-2H3;1H/t21-,22+;16-;6-;/m100./s1. The molecule has 0 saturated carbocycles. The van der Waals surface area contributed by atoms with Gasteiger partial charge in [-0.25, -0.2) is 19.2 Å². The van der Waals surface area contributed by atoms with Crippen LogP contribution in [0.15, 0.2) is 120 Å². The summed E-state index contributed by atoms with van der Waals surface area (Å²) in [5, 5.41) is 23.2. The second-order valence-corrected chi connectivity index (χ2v) is 17.6. The number of carboxylic acid groups (broad SMARTS) is 1. The Kier molecular flexibility index (Phi) is 26.1. The third-order valence-electron chi connectivity index (χ3n) is 10.6. The van der Waals surface area contributed by atoms with Crippen molar-refractivity contribution in [1.82, 2.24) is 16.0 Å². The monoisotopic (exact) mass is 1020 g/mol. The van der Waals surface area contributed by atoms with E-state index in [0.717, 1.165) is 74.5 Å². The fraction of sp³-hybridized carbons (Fsp3) is 0.346. The molecule has 0 aliphatic rings. The molecule has 15 nitrogen and oxygen atoms in total. The number of halogens is 1. The zero-order chi connectivity index (χ0) is 50.0. The Bertz CT molecular complexity index is 2540. The zero-order valence-electron chi connectivity index (χ0n) is 39.8. The SMILES string of the molecule is CCCC[C@@H](NC(=O)[C@H](Cc1csc2ccccc12)NC(=O)OCc1ccccc1)C(=O)OC.CCCC[C@H](N)C(=O)OC.Cl.O=C(N[C@@H](Cc1csc2ccccc12)C(=O)O)OCc1ccccc1. The van der Waals surface area contributed by atoms with E-state index in [4.69, 9.17) is 19.9 Å². The number of hydrogen-bond acceptors (Lipinski definition) is 13. The first-order valence-corrected chi connectivity index (χ1v) is 24.4. The maximum Gasteiger partial charge on any atom is 0.408 e. The highest BCUT2D eigenvalue weighted by Gasteiger charge is 2.29. The van der Waals surface area contributed by atoms with Gasteiger partial charge in [0.15, 0.2) is 0 Å². The molecular formula is C52H63ClN4O11S2. The van der Waals surface area contributed by atoms with Gasteiger partial charge >= 0.3 is 30.1 Å². The molecule has 2 heterocycles. The average Bonchev–Trinajstić information content (AvgIpc) is 3.99. The number of rotatable bonds is 21. The number of alkyl carbamates (subject to hydrolysis) is 2. The molecule has 0 saturated heterocycles. The van der Waals surface area contributed by atoms with Crippen molar-refractivity contribution in [2.75, 3.05) is 14.2 Å². The van der Waals surface area contributed by atoms with Crippen LogP contribution in [-0.2, 0) is 64.2 Å². The Morgan fingerprint density at radius 1 is 0.571 bits per heavy atom. The van der Waals surface area contributed by atoms with Crippen molar-refractivity contribution in [1.29, 1.82) is 0 Å². The van der Waals surface area contributed by atoms with Gasteiger partial charge in [-0.2, -0.15) is 0 Å². The first-order chi connectivity index (χ1) is 33.4. The van der Waals surface area contributed by atoms with Crippen LogP contribution in [-0.4, -0.2) is 79.5 Å². The highest BCUT2D eigenvalue weighted by atomic mass is 35.5. The number of ether oxygens (including phenoxy) is 4. The van der Waals surface area contributed by atoms with Crippen molar-refractivity contribution in [2.24, 2.45) is 5.73 Å². The third kappa shape index (κ3) is 19.5. The van der Waals surface area contributed by atoms with E-state index in [9.17, 15) is 33.9 Å². The molecule has 3 amide bonds. The summed E-state index contributed by atoms with van der Waals surface area (Å²) >= 11 is 3.13. The molecule has 0 bridgehead atoms. The Labute approximate surface area is 422 Å². The van der Waals surface area contributed by atoms with Crippen molar-refractivity contribution in [3.8, 4) is 0 Å². The Hall–Kier alpha value is -6.53. The number of benzene rings is 4. The van der Waals surface area contributed by atoms with Gasteiger partial charge in [0.25, 0.3) is 0 Å². The van der Waals surface area contributed by atoms with Gasteiger partial charge in [-0.1, -0.05) is 137 Å². The highest BCUT2D eigenvalue weighted by Crippen LogP contribution is 2.28. The molecule has 0 aliphatic heterocycles. The van der Waals surface area contributed by atoms with Crippen LogP contribution in [0.25, 0.3) is 20.2 Å². The smallest absolute Gasteiger partial charge is 0.408 e. The van der Waals surface area contributed by atoms with E-state index in [2.05, 4.69) is 27.6 Å². The number of hydrogen-bond donors (Lipinski definition) is 5. The Morgan fingerprint density at radius 2 is 1.00 bits per heavy atom. The summed E-state index contributed by atoms with van der Waals surface area (Å²) in [6.07, 6.45) is 3.88. The average molecular weight is 1020 g/mol. The molecule has 6 rings (SSSR count). The summed E-state index contributed by atoms with van der Waals surface area (Å²) in [4.78, 5) is 72.1. The van der Waals surface area contributed by atoms with Crippen molar-refractivity contribution >= 4 is 91.3 Å². The second-order valence-electron chi connectivity index (χ2n) is 15.8. The predicted octanol–water partition coefficient (Wildman–Crippen LogP) is 9.51. The predicted molar refractivity (Wildman–Crippen MR) is 276 cm³/mol. The van der Waals surface area contributed by atoms with Gasteiger partial charge in [-0.3, -0.25) is 9.59 Å². The molecule has 0 fully saturated rings. The summed E-state index contributed by atoms with van der Waals surface area (Å²) in [5.74, 6) is -2.37. The summed E-state index contributed by atoms with van der Waals surface area (Å²) < 4.78 is 21.9. The normalized spacial score (nSPS) is 12.1. The molecule has 0 radical (unpaired) electrons. The number of fused-ring (bicyclic) bond motifs is 2. The summed E-state index contributed by atoms with van der Waals surface area (Å²) in [6, 6.07) is 31.1. The number of unbranched alkanes of at least 4 members (excludes halogenated alkanes) is 2. The van der Waals surface area contributed by atoms with E-state index < -0.39 is 54.2 Å². The topological polar surface area (TPSA) is 222 Å². The fourth-order valence-electron chi connectivity index (χ4n) is 6.81. The van der Waals surface area contributed by atoms with Crippen LogP contribution in [0.1, 0.15) is 74.6 Å². The Morgan fingerprint density at radius 3 is 1.46 bits per heavy atom. The number of amides is 3. The number of carbonyl (C=O) groups is 6. The summed E-state index contributed by atoms with van der Waals surface area (Å²) in [5.41, 5.74) is 8.96.